The number of para-hydroxylation sites is 1. The number of carbonyl (C=O) groups is 1. The van der Waals surface area contributed by atoms with E-state index in [0.29, 0.717) is 10.7 Å². The van der Waals surface area contributed by atoms with Gasteiger partial charge in [0.1, 0.15) is 6.54 Å². The zero-order chi connectivity index (χ0) is 14.8. The summed E-state index contributed by atoms with van der Waals surface area (Å²) in [6.45, 7) is 0.213. The molecule has 0 saturated heterocycles. The summed E-state index contributed by atoms with van der Waals surface area (Å²) in [5.74, 6) is -0.134. The summed E-state index contributed by atoms with van der Waals surface area (Å²) in [6.07, 6.45) is 6.16. The molecule has 1 aromatic heterocycles. The number of aliphatic hydroxyl groups excluding tert-OH is 1. The van der Waals surface area contributed by atoms with Crippen LogP contribution in [-0.4, -0.2) is 15.6 Å². The predicted molar refractivity (Wildman–Crippen MR) is 82.4 cm³/mol. The number of aryl methyl sites for hydroxylation is 1. The first kappa shape index (κ1) is 14.2. The Balaban J connectivity index is 1.69. The Labute approximate surface area is 128 Å². The van der Waals surface area contributed by atoms with Gasteiger partial charge in [-0.25, -0.2) is 0 Å². The first-order valence-electron chi connectivity index (χ1n) is 7.04. The Morgan fingerprint density at radius 2 is 2.19 bits per heavy atom. The number of anilines is 1. The molecule has 3 rings (SSSR count). The third kappa shape index (κ3) is 3.12. The van der Waals surface area contributed by atoms with Crippen LogP contribution in [0.3, 0.4) is 0 Å². The van der Waals surface area contributed by atoms with Crippen LogP contribution < -0.4 is 5.32 Å². The average Bonchev–Trinajstić information content (AvgIpc) is 2.85. The molecule has 21 heavy (non-hydrogen) atoms. The van der Waals surface area contributed by atoms with Gasteiger partial charge in [0.05, 0.1) is 16.8 Å². The zero-order valence-electron chi connectivity index (χ0n) is 11.6. The number of aliphatic hydroxyl groups is 1. The standard InChI is InChI=1S/C16H17ClN2O2/c17-13-5-1-2-6-14(13)18-16(21)10-19-8-11-4-3-7-15(20)12(11)9-19/h1-2,5-6,8-9,15,20H,3-4,7,10H2,(H,18,21). The van der Waals surface area contributed by atoms with Crippen molar-refractivity contribution in [2.24, 2.45) is 0 Å². The second-order valence-electron chi connectivity index (χ2n) is 5.35. The third-order valence-electron chi connectivity index (χ3n) is 3.75. The summed E-state index contributed by atoms with van der Waals surface area (Å²) in [5, 5.41) is 13.3. The quantitative estimate of drug-likeness (QED) is 0.915. The molecule has 1 aliphatic rings. The van der Waals surface area contributed by atoms with Gasteiger partial charge in [-0.15, -0.1) is 0 Å². The molecule has 1 aromatic carbocycles. The van der Waals surface area contributed by atoms with Crippen LogP contribution in [0.15, 0.2) is 36.7 Å². The molecule has 0 bridgehead atoms. The molecular weight excluding hydrogens is 288 g/mol. The lowest BCUT2D eigenvalue weighted by Crippen LogP contribution is -2.18. The van der Waals surface area contributed by atoms with Crippen LogP contribution in [0, 0.1) is 0 Å². The molecule has 5 heteroatoms. The fourth-order valence-corrected chi connectivity index (χ4v) is 2.92. The maximum atomic E-state index is 12.1. The van der Waals surface area contributed by atoms with Crippen molar-refractivity contribution in [3.05, 3.63) is 52.8 Å². The van der Waals surface area contributed by atoms with Gasteiger partial charge in [-0.3, -0.25) is 4.79 Å². The number of aromatic nitrogens is 1. The maximum absolute atomic E-state index is 12.1. The highest BCUT2D eigenvalue weighted by Gasteiger charge is 2.20. The first-order chi connectivity index (χ1) is 10.1. The summed E-state index contributed by atoms with van der Waals surface area (Å²) in [4.78, 5) is 12.1. The Morgan fingerprint density at radius 1 is 1.38 bits per heavy atom. The lowest BCUT2D eigenvalue weighted by Gasteiger charge is -2.16. The van der Waals surface area contributed by atoms with Crippen molar-refractivity contribution in [1.29, 1.82) is 0 Å². The summed E-state index contributed by atoms with van der Waals surface area (Å²) in [7, 11) is 0. The maximum Gasteiger partial charge on any atom is 0.244 e. The van der Waals surface area contributed by atoms with E-state index in [4.69, 9.17) is 11.6 Å². The van der Waals surface area contributed by atoms with Gasteiger partial charge in [0.15, 0.2) is 0 Å². The lowest BCUT2D eigenvalue weighted by atomic mass is 9.93. The zero-order valence-corrected chi connectivity index (χ0v) is 12.3. The molecule has 2 N–H and O–H groups in total. The molecule has 0 spiro atoms. The molecule has 0 aliphatic heterocycles. The molecule has 1 unspecified atom stereocenters. The topological polar surface area (TPSA) is 54.3 Å². The monoisotopic (exact) mass is 304 g/mol. The molecule has 1 amide bonds. The van der Waals surface area contributed by atoms with Crippen molar-refractivity contribution >= 4 is 23.2 Å². The van der Waals surface area contributed by atoms with E-state index in [9.17, 15) is 9.90 Å². The van der Waals surface area contributed by atoms with Crippen LogP contribution in [0.4, 0.5) is 5.69 Å². The second-order valence-corrected chi connectivity index (χ2v) is 5.75. The van der Waals surface area contributed by atoms with E-state index < -0.39 is 6.10 Å². The van der Waals surface area contributed by atoms with Gasteiger partial charge < -0.3 is 15.0 Å². The van der Waals surface area contributed by atoms with Crippen LogP contribution in [0.25, 0.3) is 0 Å². The minimum absolute atomic E-state index is 0.134. The van der Waals surface area contributed by atoms with Gasteiger partial charge in [-0.2, -0.15) is 0 Å². The molecule has 0 saturated carbocycles. The van der Waals surface area contributed by atoms with Gasteiger partial charge in [-0.1, -0.05) is 23.7 Å². The number of rotatable bonds is 3. The average molecular weight is 305 g/mol. The number of amides is 1. The van der Waals surface area contributed by atoms with Gasteiger partial charge in [0.25, 0.3) is 0 Å². The smallest absolute Gasteiger partial charge is 0.244 e. The number of halogens is 1. The summed E-state index contributed by atoms with van der Waals surface area (Å²) in [5.41, 5.74) is 2.70. The predicted octanol–water partition coefficient (Wildman–Crippen LogP) is 3.15. The Bertz CT molecular complexity index is 666. The van der Waals surface area contributed by atoms with Crippen LogP contribution in [0.2, 0.25) is 5.02 Å². The molecule has 110 valence electrons. The van der Waals surface area contributed by atoms with Gasteiger partial charge >= 0.3 is 0 Å². The number of carbonyl (C=O) groups excluding carboxylic acids is 1. The van der Waals surface area contributed by atoms with Crippen molar-refractivity contribution in [3.8, 4) is 0 Å². The molecule has 4 nitrogen and oxygen atoms in total. The molecule has 1 atom stereocenters. The Morgan fingerprint density at radius 3 is 2.95 bits per heavy atom. The van der Waals surface area contributed by atoms with E-state index in [1.165, 1.54) is 0 Å². The molecule has 0 radical (unpaired) electrons. The molecule has 1 aliphatic carbocycles. The van der Waals surface area contributed by atoms with Gasteiger partial charge in [0.2, 0.25) is 5.91 Å². The number of fused-ring (bicyclic) bond motifs is 1. The van der Waals surface area contributed by atoms with E-state index in [1.807, 2.05) is 29.1 Å². The van der Waals surface area contributed by atoms with E-state index in [0.717, 1.165) is 30.4 Å². The summed E-state index contributed by atoms with van der Waals surface area (Å²) >= 11 is 6.02. The van der Waals surface area contributed by atoms with Crippen LogP contribution >= 0.6 is 11.6 Å². The number of hydrogen-bond acceptors (Lipinski definition) is 2. The number of hydrogen-bond donors (Lipinski definition) is 2. The van der Waals surface area contributed by atoms with E-state index in [2.05, 4.69) is 5.32 Å². The van der Waals surface area contributed by atoms with Crippen LogP contribution in [0.5, 0.6) is 0 Å². The highest BCUT2D eigenvalue weighted by Crippen LogP contribution is 2.30. The SMILES string of the molecule is O=C(Cn1cc2c(c1)C(O)CCC2)Nc1ccccc1Cl. The number of benzene rings is 1. The van der Waals surface area contributed by atoms with Crippen molar-refractivity contribution in [2.45, 2.75) is 31.9 Å². The van der Waals surface area contributed by atoms with Crippen molar-refractivity contribution in [1.82, 2.24) is 4.57 Å². The highest BCUT2D eigenvalue weighted by molar-refractivity contribution is 6.33. The molecular formula is C16H17ClN2O2. The highest BCUT2D eigenvalue weighted by atomic mass is 35.5. The third-order valence-corrected chi connectivity index (χ3v) is 4.08. The van der Waals surface area contributed by atoms with Gasteiger partial charge in [-0.05, 0) is 37.0 Å². The summed E-state index contributed by atoms with van der Waals surface area (Å²) < 4.78 is 1.82. The Kier molecular flexibility index (Phi) is 3.99. The summed E-state index contributed by atoms with van der Waals surface area (Å²) in [6, 6.07) is 7.15. The normalized spacial score (nSPS) is 17.3. The van der Waals surface area contributed by atoms with E-state index in [-0.39, 0.29) is 12.5 Å². The largest absolute Gasteiger partial charge is 0.388 e. The lowest BCUT2D eigenvalue weighted by molar-refractivity contribution is -0.116. The number of nitrogens with one attached hydrogen (secondary N) is 1. The molecule has 1 heterocycles. The molecule has 0 fully saturated rings. The van der Waals surface area contributed by atoms with Crippen molar-refractivity contribution < 1.29 is 9.90 Å². The second kappa shape index (κ2) is 5.92. The fourth-order valence-electron chi connectivity index (χ4n) is 2.73. The van der Waals surface area contributed by atoms with Gasteiger partial charge in [0, 0.05) is 18.0 Å². The van der Waals surface area contributed by atoms with Crippen molar-refractivity contribution in [3.63, 3.8) is 0 Å². The van der Waals surface area contributed by atoms with Crippen LogP contribution in [0.1, 0.15) is 30.1 Å². The molecule has 2 aromatic rings. The van der Waals surface area contributed by atoms with Crippen molar-refractivity contribution in [2.75, 3.05) is 5.32 Å². The number of nitrogens with zero attached hydrogens (tertiary/aromatic N) is 1. The first-order valence-corrected chi connectivity index (χ1v) is 7.42. The minimum Gasteiger partial charge on any atom is -0.388 e. The van der Waals surface area contributed by atoms with Crippen LogP contribution in [-0.2, 0) is 17.8 Å². The fraction of sp³-hybridized carbons (Fsp3) is 0.312. The van der Waals surface area contributed by atoms with E-state index >= 15 is 0 Å². The minimum atomic E-state index is -0.401. The Hall–Kier alpha value is -1.78. The van der Waals surface area contributed by atoms with E-state index in [1.54, 1.807) is 12.1 Å².